The number of aromatic nitrogens is 2. The predicted octanol–water partition coefficient (Wildman–Crippen LogP) is 3.45. The first kappa shape index (κ1) is 24.9. The zero-order valence-corrected chi connectivity index (χ0v) is 20.6. The first-order valence-electron chi connectivity index (χ1n) is 11.9. The maximum absolute atomic E-state index is 12.9. The van der Waals surface area contributed by atoms with Gasteiger partial charge in [0.15, 0.2) is 0 Å². The molecule has 0 radical (unpaired) electrons. The summed E-state index contributed by atoms with van der Waals surface area (Å²) in [5.41, 5.74) is 1.23. The summed E-state index contributed by atoms with van der Waals surface area (Å²) in [6.07, 6.45) is 9.49. The number of nitrogens with one attached hydrogen (secondary N) is 2. The first-order valence-corrected chi connectivity index (χ1v) is 12.3. The molecule has 9 nitrogen and oxygen atoms in total. The Labute approximate surface area is 210 Å². The van der Waals surface area contributed by atoms with Crippen molar-refractivity contribution in [3.8, 4) is 5.88 Å². The number of ether oxygens (including phenoxy) is 1. The Hall–Kier alpha value is -3.17. The van der Waals surface area contributed by atoms with E-state index in [1.807, 2.05) is 6.08 Å². The molecule has 2 aromatic rings. The molecule has 2 saturated heterocycles. The molecule has 2 aliphatic heterocycles. The summed E-state index contributed by atoms with van der Waals surface area (Å²) in [6.45, 7) is 4.15. The number of nitrogens with zero attached hydrogens (tertiary/aromatic N) is 4. The van der Waals surface area contributed by atoms with Crippen molar-refractivity contribution in [1.82, 2.24) is 19.8 Å². The molecule has 1 aromatic heterocycles. The smallest absolute Gasteiger partial charge is 0.253 e. The van der Waals surface area contributed by atoms with Crippen molar-refractivity contribution < 1.29 is 14.3 Å². The minimum Gasteiger partial charge on any atom is -0.480 e. The molecule has 0 saturated carbocycles. The van der Waals surface area contributed by atoms with E-state index in [0.717, 1.165) is 26.1 Å². The summed E-state index contributed by atoms with van der Waals surface area (Å²) in [7, 11) is 1.50. The van der Waals surface area contributed by atoms with E-state index in [2.05, 4.69) is 25.5 Å². The van der Waals surface area contributed by atoms with Gasteiger partial charge in [0, 0.05) is 43.0 Å². The van der Waals surface area contributed by atoms with E-state index in [1.54, 1.807) is 35.2 Å². The van der Waals surface area contributed by atoms with Crippen LogP contribution in [0.5, 0.6) is 5.88 Å². The maximum Gasteiger partial charge on any atom is 0.253 e. The van der Waals surface area contributed by atoms with Gasteiger partial charge in [-0.3, -0.25) is 14.5 Å². The number of hydrogen-bond acceptors (Lipinski definition) is 7. The zero-order valence-electron chi connectivity index (χ0n) is 19.9. The van der Waals surface area contributed by atoms with Gasteiger partial charge in [0.05, 0.1) is 13.3 Å². The summed E-state index contributed by atoms with van der Waals surface area (Å²) in [5, 5.41) is 6.43. The molecule has 4 rings (SSSR count). The Balaban J connectivity index is 1.25. The van der Waals surface area contributed by atoms with Crippen LogP contribution in [0.25, 0.3) is 0 Å². The number of piperidine rings is 1. The number of hydrogen-bond donors (Lipinski definition) is 2. The summed E-state index contributed by atoms with van der Waals surface area (Å²) in [5.74, 6) is 0.495. The van der Waals surface area contributed by atoms with Crippen molar-refractivity contribution >= 4 is 35.1 Å². The van der Waals surface area contributed by atoms with E-state index in [1.165, 1.54) is 32.6 Å². The normalized spacial score (nSPS) is 18.6. The monoisotopic (exact) mass is 498 g/mol. The first-order chi connectivity index (χ1) is 17.0. The molecular formula is C25H31ClN6O3. The number of carbonyl (C=O) groups excluding carboxylic acids is 2. The maximum atomic E-state index is 12.9. The van der Waals surface area contributed by atoms with E-state index in [-0.39, 0.29) is 17.9 Å². The van der Waals surface area contributed by atoms with Crippen LogP contribution in [-0.4, -0.2) is 77.5 Å². The Morgan fingerprint density at radius 2 is 1.94 bits per heavy atom. The van der Waals surface area contributed by atoms with Gasteiger partial charge in [-0.1, -0.05) is 24.1 Å². The lowest BCUT2D eigenvalue weighted by Gasteiger charge is -2.24. The average Bonchev–Trinajstić information content (AvgIpc) is 3.34. The lowest BCUT2D eigenvalue weighted by molar-refractivity contribution is -0.111. The Morgan fingerprint density at radius 1 is 1.17 bits per heavy atom. The second-order valence-corrected chi connectivity index (χ2v) is 9.17. The highest BCUT2D eigenvalue weighted by Crippen LogP contribution is 2.23. The van der Waals surface area contributed by atoms with Gasteiger partial charge in [-0.05, 0) is 56.6 Å². The van der Waals surface area contributed by atoms with Crippen LogP contribution >= 0.6 is 11.6 Å². The second-order valence-electron chi connectivity index (χ2n) is 8.76. The highest BCUT2D eigenvalue weighted by molar-refractivity contribution is 6.31. The fourth-order valence-electron chi connectivity index (χ4n) is 4.32. The molecule has 2 fully saturated rings. The van der Waals surface area contributed by atoms with E-state index < -0.39 is 0 Å². The van der Waals surface area contributed by atoms with Gasteiger partial charge in [0.1, 0.15) is 5.02 Å². The molecule has 2 amide bonds. The van der Waals surface area contributed by atoms with Gasteiger partial charge in [0.25, 0.3) is 5.91 Å². The summed E-state index contributed by atoms with van der Waals surface area (Å²) < 4.78 is 5.13. The second kappa shape index (κ2) is 12.0. The van der Waals surface area contributed by atoms with E-state index in [9.17, 15) is 9.59 Å². The number of amides is 2. The van der Waals surface area contributed by atoms with E-state index >= 15 is 0 Å². The number of halogens is 1. The molecule has 10 heteroatoms. The molecule has 2 N–H and O–H groups in total. The van der Waals surface area contributed by atoms with Crippen molar-refractivity contribution in [2.45, 2.75) is 31.7 Å². The third kappa shape index (κ3) is 6.93. The molecule has 3 heterocycles. The zero-order chi connectivity index (χ0) is 24.6. The number of rotatable bonds is 8. The molecule has 2 aliphatic rings. The predicted molar refractivity (Wildman–Crippen MR) is 136 cm³/mol. The molecule has 0 spiro atoms. The molecule has 1 aromatic carbocycles. The fraction of sp³-hybridized carbons (Fsp3) is 0.440. The Bertz CT molecular complexity index is 1060. The van der Waals surface area contributed by atoms with Crippen LogP contribution in [0, 0.1) is 0 Å². The van der Waals surface area contributed by atoms with Gasteiger partial charge < -0.3 is 20.3 Å². The molecule has 0 unspecified atom stereocenters. The fourth-order valence-corrected chi connectivity index (χ4v) is 4.49. The van der Waals surface area contributed by atoms with Crippen LogP contribution in [-0.2, 0) is 4.79 Å². The van der Waals surface area contributed by atoms with Crippen molar-refractivity contribution in [2.24, 2.45) is 0 Å². The highest BCUT2D eigenvalue weighted by atomic mass is 35.5. The third-order valence-corrected chi connectivity index (χ3v) is 6.45. The molecular weight excluding hydrogens is 468 g/mol. The highest BCUT2D eigenvalue weighted by Gasteiger charge is 2.27. The topological polar surface area (TPSA) is 99.7 Å². The Morgan fingerprint density at radius 3 is 2.69 bits per heavy atom. The lowest BCUT2D eigenvalue weighted by atomic mass is 10.1. The van der Waals surface area contributed by atoms with Crippen LogP contribution in [0.3, 0.4) is 0 Å². The van der Waals surface area contributed by atoms with Crippen LogP contribution in [0.1, 0.15) is 36.0 Å². The van der Waals surface area contributed by atoms with Gasteiger partial charge in [-0.15, -0.1) is 0 Å². The Kier molecular flexibility index (Phi) is 8.54. The minimum atomic E-state index is -0.171. The standard InChI is InChI=1S/C25H31ClN6O3/c1-35-23-21(26)16-27-25(30-23)29-20-11-15-32(17-20)24(34)18-7-9-19(10-8-18)28-22(33)6-5-14-31-12-3-2-4-13-31/h5-10,16,20H,2-4,11-15,17H2,1H3,(H,28,33)(H,27,29,30)/b6-5+/t20-/m1/s1. The largest absolute Gasteiger partial charge is 0.480 e. The van der Waals surface area contributed by atoms with Crippen molar-refractivity contribution in [3.05, 3.63) is 53.2 Å². The van der Waals surface area contributed by atoms with Gasteiger partial charge in [-0.25, -0.2) is 4.98 Å². The average molecular weight is 499 g/mol. The number of carbonyl (C=O) groups is 2. The van der Waals surface area contributed by atoms with Gasteiger partial charge in [0.2, 0.25) is 17.7 Å². The van der Waals surface area contributed by atoms with Crippen LogP contribution in [0.2, 0.25) is 5.02 Å². The van der Waals surface area contributed by atoms with Crippen LogP contribution in [0.4, 0.5) is 11.6 Å². The lowest BCUT2D eigenvalue weighted by Crippen LogP contribution is -2.31. The molecule has 1 atom stereocenters. The van der Waals surface area contributed by atoms with Crippen LogP contribution in [0.15, 0.2) is 42.6 Å². The minimum absolute atomic E-state index is 0.0279. The quantitative estimate of drug-likeness (QED) is 0.538. The molecule has 0 aliphatic carbocycles. The van der Waals surface area contributed by atoms with E-state index in [0.29, 0.717) is 41.2 Å². The van der Waals surface area contributed by atoms with Crippen molar-refractivity contribution in [2.75, 3.05) is 50.5 Å². The summed E-state index contributed by atoms with van der Waals surface area (Å²) in [6, 6.07) is 7.01. The molecule has 186 valence electrons. The van der Waals surface area contributed by atoms with Gasteiger partial charge in [-0.2, -0.15) is 4.98 Å². The number of anilines is 2. The number of methoxy groups -OCH3 is 1. The van der Waals surface area contributed by atoms with E-state index in [4.69, 9.17) is 16.3 Å². The summed E-state index contributed by atoms with van der Waals surface area (Å²) in [4.78, 5) is 37.7. The van der Waals surface area contributed by atoms with Gasteiger partial charge >= 0.3 is 0 Å². The van der Waals surface area contributed by atoms with Crippen LogP contribution < -0.4 is 15.4 Å². The third-order valence-electron chi connectivity index (χ3n) is 6.19. The summed E-state index contributed by atoms with van der Waals surface area (Å²) >= 11 is 5.98. The van der Waals surface area contributed by atoms with Crippen molar-refractivity contribution in [3.63, 3.8) is 0 Å². The SMILES string of the molecule is COc1nc(N[C@@H]2CCN(C(=O)c3ccc(NC(=O)/C=C/CN4CCCCC4)cc3)C2)ncc1Cl. The number of likely N-dealkylation sites (tertiary alicyclic amines) is 2. The number of benzene rings is 1. The molecule has 35 heavy (non-hydrogen) atoms. The molecule has 0 bridgehead atoms. The van der Waals surface area contributed by atoms with Crippen molar-refractivity contribution in [1.29, 1.82) is 0 Å².